The van der Waals surface area contributed by atoms with Crippen molar-refractivity contribution in [3.63, 3.8) is 0 Å². The molecule has 1 saturated heterocycles. The van der Waals surface area contributed by atoms with E-state index in [4.69, 9.17) is 9.47 Å². The van der Waals surface area contributed by atoms with E-state index in [1.165, 1.54) is 4.90 Å². The predicted molar refractivity (Wildman–Crippen MR) is 77.8 cm³/mol. The predicted octanol–water partition coefficient (Wildman–Crippen LogP) is 0.232. The first-order valence-corrected chi connectivity index (χ1v) is 7.68. The number of rotatable bonds is 3. The summed E-state index contributed by atoms with van der Waals surface area (Å²) in [7, 11) is 0. The molecule has 2 aliphatic heterocycles. The Morgan fingerprint density at radius 1 is 1.17 bits per heavy atom. The molecule has 3 aliphatic rings. The lowest BCUT2D eigenvalue weighted by atomic mass is 10.1. The standard InChI is InChI=1S/C16H16N2O5/c19-14-7-10(15(20)17-14)18(9-5-6-9)16(21)13-8-22-11-3-1-2-4-12(11)23-13/h1-4,9-10,13H,5-8H2,(H,17,19,20)/t10-,13-/m1/s1. The third-order valence-corrected chi connectivity index (χ3v) is 4.26. The maximum absolute atomic E-state index is 12.9. The monoisotopic (exact) mass is 316 g/mol. The lowest BCUT2D eigenvalue weighted by molar-refractivity contribution is -0.147. The molecular formula is C16H16N2O5. The number of fused-ring (bicyclic) bond motifs is 1. The number of benzene rings is 1. The molecule has 1 aliphatic carbocycles. The molecule has 1 aromatic carbocycles. The lowest BCUT2D eigenvalue weighted by Gasteiger charge is -2.33. The number of ether oxygens (including phenoxy) is 2. The molecular weight excluding hydrogens is 300 g/mol. The largest absolute Gasteiger partial charge is 0.485 e. The van der Waals surface area contributed by atoms with Crippen molar-refractivity contribution in [1.82, 2.24) is 10.2 Å². The van der Waals surface area contributed by atoms with E-state index < -0.39 is 18.1 Å². The topological polar surface area (TPSA) is 84.9 Å². The van der Waals surface area contributed by atoms with Gasteiger partial charge in [0.15, 0.2) is 11.5 Å². The molecule has 2 heterocycles. The van der Waals surface area contributed by atoms with E-state index in [1.54, 1.807) is 18.2 Å². The third-order valence-electron chi connectivity index (χ3n) is 4.26. The van der Waals surface area contributed by atoms with Crippen LogP contribution >= 0.6 is 0 Å². The van der Waals surface area contributed by atoms with Crippen LogP contribution in [0.1, 0.15) is 19.3 Å². The van der Waals surface area contributed by atoms with Gasteiger partial charge < -0.3 is 14.4 Å². The minimum absolute atomic E-state index is 0.00456. The highest BCUT2D eigenvalue weighted by Crippen LogP contribution is 2.35. The zero-order valence-corrected chi connectivity index (χ0v) is 12.4. The Bertz CT molecular complexity index is 685. The average Bonchev–Trinajstić information content (AvgIpc) is 3.32. The van der Waals surface area contributed by atoms with E-state index in [9.17, 15) is 14.4 Å². The second kappa shape index (κ2) is 5.26. The van der Waals surface area contributed by atoms with Crippen LogP contribution in [-0.2, 0) is 14.4 Å². The first-order valence-electron chi connectivity index (χ1n) is 7.68. The zero-order valence-electron chi connectivity index (χ0n) is 12.4. The maximum atomic E-state index is 12.9. The Balaban J connectivity index is 1.55. The van der Waals surface area contributed by atoms with Crippen LogP contribution in [0.3, 0.4) is 0 Å². The number of imide groups is 1. The summed E-state index contributed by atoms with van der Waals surface area (Å²) in [6.45, 7) is 0.0986. The molecule has 2 fully saturated rings. The van der Waals surface area contributed by atoms with Crippen molar-refractivity contribution in [1.29, 1.82) is 0 Å². The first-order chi connectivity index (χ1) is 11.1. The van der Waals surface area contributed by atoms with Gasteiger partial charge in [0.05, 0.1) is 6.42 Å². The normalized spacial score (nSPS) is 25.9. The molecule has 1 aromatic rings. The summed E-state index contributed by atoms with van der Waals surface area (Å²) in [5, 5.41) is 2.26. The number of nitrogens with zero attached hydrogens (tertiary/aromatic N) is 1. The molecule has 7 heteroatoms. The van der Waals surface area contributed by atoms with Crippen LogP contribution in [0.2, 0.25) is 0 Å². The SMILES string of the molecule is O=C1C[C@@H](N(C(=O)[C@H]2COc3ccccc3O2)C2CC2)C(=O)N1. The van der Waals surface area contributed by atoms with E-state index in [1.807, 2.05) is 6.07 Å². The van der Waals surface area contributed by atoms with Gasteiger partial charge >= 0.3 is 0 Å². The number of amides is 3. The molecule has 0 spiro atoms. The minimum atomic E-state index is -0.797. The second-order valence-corrected chi connectivity index (χ2v) is 5.97. The van der Waals surface area contributed by atoms with Crippen molar-refractivity contribution in [2.24, 2.45) is 0 Å². The molecule has 0 radical (unpaired) electrons. The number of carbonyl (C=O) groups is 3. The van der Waals surface area contributed by atoms with Gasteiger partial charge in [0.1, 0.15) is 12.6 Å². The van der Waals surface area contributed by atoms with Gasteiger partial charge in [-0.05, 0) is 25.0 Å². The summed E-state index contributed by atoms with van der Waals surface area (Å²) in [4.78, 5) is 37.8. The Kier molecular flexibility index (Phi) is 3.21. The summed E-state index contributed by atoms with van der Waals surface area (Å²) in [6.07, 6.45) is 0.904. The number of nitrogens with one attached hydrogen (secondary N) is 1. The van der Waals surface area contributed by atoms with E-state index in [-0.39, 0.29) is 30.9 Å². The fourth-order valence-corrected chi connectivity index (χ4v) is 3.01. The van der Waals surface area contributed by atoms with Crippen molar-refractivity contribution in [2.45, 2.75) is 37.5 Å². The van der Waals surface area contributed by atoms with Gasteiger partial charge in [-0.1, -0.05) is 12.1 Å². The molecule has 1 N–H and O–H groups in total. The zero-order chi connectivity index (χ0) is 16.0. The molecule has 120 valence electrons. The Morgan fingerprint density at radius 3 is 2.57 bits per heavy atom. The molecule has 0 unspecified atom stereocenters. The highest BCUT2D eigenvalue weighted by molar-refractivity contribution is 6.07. The minimum Gasteiger partial charge on any atom is -0.485 e. The highest BCUT2D eigenvalue weighted by Gasteiger charge is 2.47. The van der Waals surface area contributed by atoms with Gasteiger partial charge in [-0.15, -0.1) is 0 Å². The average molecular weight is 316 g/mol. The summed E-state index contributed by atoms with van der Waals surface area (Å²) in [5.41, 5.74) is 0. The van der Waals surface area contributed by atoms with Crippen molar-refractivity contribution in [3.8, 4) is 11.5 Å². The van der Waals surface area contributed by atoms with Crippen LogP contribution in [0.25, 0.3) is 0 Å². The fraction of sp³-hybridized carbons (Fsp3) is 0.438. The number of para-hydroxylation sites is 2. The van der Waals surface area contributed by atoms with Crippen LogP contribution in [-0.4, -0.2) is 47.4 Å². The Hall–Kier alpha value is -2.57. The second-order valence-electron chi connectivity index (χ2n) is 5.97. The van der Waals surface area contributed by atoms with Crippen molar-refractivity contribution in [2.75, 3.05) is 6.61 Å². The first kappa shape index (κ1) is 14.0. The molecule has 4 rings (SSSR count). The molecule has 7 nitrogen and oxygen atoms in total. The number of hydrogen-bond acceptors (Lipinski definition) is 5. The van der Waals surface area contributed by atoms with Crippen LogP contribution in [0.15, 0.2) is 24.3 Å². The van der Waals surface area contributed by atoms with Crippen LogP contribution in [0.5, 0.6) is 11.5 Å². The highest BCUT2D eigenvalue weighted by atomic mass is 16.6. The number of hydrogen-bond donors (Lipinski definition) is 1. The van der Waals surface area contributed by atoms with E-state index in [0.29, 0.717) is 11.5 Å². The van der Waals surface area contributed by atoms with Gasteiger partial charge in [0, 0.05) is 6.04 Å². The number of carbonyl (C=O) groups excluding carboxylic acids is 3. The van der Waals surface area contributed by atoms with E-state index in [0.717, 1.165) is 12.8 Å². The molecule has 0 bridgehead atoms. The Morgan fingerprint density at radius 2 is 1.91 bits per heavy atom. The summed E-state index contributed by atoms with van der Waals surface area (Å²) in [5.74, 6) is 0.0666. The molecule has 0 aromatic heterocycles. The fourth-order valence-electron chi connectivity index (χ4n) is 3.01. The molecule has 23 heavy (non-hydrogen) atoms. The van der Waals surface area contributed by atoms with E-state index >= 15 is 0 Å². The summed E-state index contributed by atoms with van der Waals surface area (Å²) in [6, 6.07) is 6.42. The van der Waals surface area contributed by atoms with Gasteiger partial charge in [-0.3, -0.25) is 19.7 Å². The van der Waals surface area contributed by atoms with Gasteiger partial charge in [-0.25, -0.2) is 0 Å². The maximum Gasteiger partial charge on any atom is 0.268 e. The van der Waals surface area contributed by atoms with Crippen LogP contribution in [0, 0.1) is 0 Å². The van der Waals surface area contributed by atoms with Gasteiger partial charge in [0.25, 0.3) is 5.91 Å². The third kappa shape index (κ3) is 2.52. The van der Waals surface area contributed by atoms with E-state index in [2.05, 4.69) is 5.32 Å². The van der Waals surface area contributed by atoms with Gasteiger partial charge in [-0.2, -0.15) is 0 Å². The summed E-state index contributed by atoms with van der Waals surface area (Å²) < 4.78 is 11.3. The summed E-state index contributed by atoms with van der Waals surface area (Å²) >= 11 is 0. The smallest absolute Gasteiger partial charge is 0.268 e. The van der Waals surface area contributed by atoms with Crippen molar-refractivity contribution in [3.05, 3.63) is 24.3 Å². The molecule has 2 atom stereocenters. The quantitative estimate of drug-likeness (QED) is 0.807. The van der Waals surface area contributed by atoms with Crippen LogP contribution in [0.4, 0.5) is 0 Å². The van der Waals surface area contributed by atoms with Crippen LogP contribution < -0.4 is 14.8 Å². The van der Waals surface area contributed by atoms with Gasteiger partial charge in [0.2, 0.25) is 17.9 Å². The molecule has 3 amide bonds. The van der Waals surface area contributed by atoms with Crippen molar-refractivity contribution < 1.29 is 23.9 Å². The lowest BCUT2D eigenvalue weighted by Crippen LogP contribution is -2.53. The Labute approximate surface area is 132 Å². The molecule has 1 saturated carbocycles. The van der Waals surface area contributed by atoms with Crippen molar-refractivity contribution >= 4 is 17.7 Å².